The van der Waals surface area contributed by atoms with Crippen LogP contribution in [0.5, 0.6) is 0 Å². The number of pyridine rings is 1. The molecule has 2 aromatic heterocycles. The van der Waals surface area contributed by atoms with Crippen LogP contribution in [0.15, 0.2) is 48.7 Å². The summed E-state index contributed by atoms with van der Waals surface area (Å²) in [7, 11) is 3.00. The fourth-order valence-electron chi connectivity index (χ4n) is 1.58. The number of fused-ring (bicyclic) bond motifs is 1. The summed E-state index contributed by atoms with van der Waals surface area (Å²) in [4.78, 5) is 11.8. The highest BCUT2D eigenvalue weighted by Crippen LogP contribution is 2.18. The molecule has 5 heteroatoms. The van der Waals surface area contributed by atoms with Crippen molar-refractivity contribution in [2.45, 2.75) is 0 Å². The van der Waals surface area contributed by atoms with E-state index in [1.165, 1.54) is 14.1 Å². The Hall–Kier alpha value is -2.24. The van der Waals surface area contributed by atoms with Crippen molar-refractivity contribution in [3.05, 3.63) is 48.7 Å². The molecule has 0 saturated carbocycles. The van der Waals surface area contributed by atoms with Gasteiger partial charge in [-0.2, -0.15) is 0 Å². The molecule has 0 unspecified atom stereocenters. The van der Waals surface area contributed by atoms with Crippen molar-refractivity contribution in [3.8, 4) is 11.4 Å². The standard InChI is InChI=1S/C12H9N3.2CH5N/c1-2-5-9(6-3-1)11-14-10-7-4-8-13-12(10)15-11;2*1-2/h1-8H,(H,13,14,15);2*2H2,1H3. The fraction of sp³-hybridized carbons (Fsp3) is 0.143. The van der Waals surface area contributed by atoms with Crippen LogP contribution in [0.2, 0.25) is 0 Å². The summed E-state index contributed by atoms with van der Waals surface area (Å²) in [5.74, 6) is 0.865. The highest BCUT2D eigenvalue weighted by molar-refractivity contribution is 5.75. The van der Waals surface area contributed by atoms with Crippen LogP contribution in [0.25, 0.3) is 22.6 Å². The minimum Gasteiger partial charge on any atom is -0.337 e. The van der Waals surface area contributed by atoms with E-state index in [1.807, 2.05) is 42.5 Å². The summed E-state index contributed by atoms with van der Waals surface area (Å²) in [6.07, 6.45) is 1.75. The molecule has 5 N–H and O–H groups in total. The number of aromatic amines is 1. The van der Waals surface area contributed by atoms with Gasteiger partial charge in [-0.1, -0.05) is 30.3 Å². The molecule has 3 aromatic rings. The number of hydrogen-bond acceptors (Lipinski definition) is 4. The second kappa shape index (κ2) is 7.97. The molecule has 100 valence electrons. The zero-order valence-electron chi connectivity index (χ0n) is 11.2. The van der Waals surface area contributed by atoms with Crippen LogP contribution < -0.4 is 11.5 Å². The highest BCUT2D eigenvalue weighted by atomic mass is 15.0. The van der Waals surface area contributed by atoms with E-state index in [-0.39, 0.29) is 0 Å². The van der Waals surface area contributed by atoms with E-state index in [0.717, 1.165) is 22.6 Å². The largest absolute Gasteiger partial charge is 0.337 e. The van der Waals surface area contributed by atoms with Crippen LogP contribution in [0.3, 0.4) is 0 Å². The zero-order chi connectivity index (χ0) is 14.1. The first kappa shape index (κ1) is 14.8. The molecule has 0 aliphatic carbocycles. The van der Waals surface area contributed by atoms with Gasteiger partial charge in [-0.3, -0.25) is 0 Å². The van der Waals surface area contributed by atoms with E-state index < -0.39 is 0 Å². The Morgan fingerprint density at radius 3 is 2.21 bits per heavy atom. The SMILES string of the molecule is CN.CN.c1ccc(-c2nc3ncccc3[nH]2)cc1. The number of nitrogens with one attached hydrogen (secondary N) is 1. The molecule has 0 saturated heterocycles. The van der Waals surface area contributed by atoms with Crippen molar-refractivity contribution in [1.29, 1.82) is 0 Å². The Morgan fingerprint density at radius 1 is 0.895 bits per heavy atom. The molecule has 0 fully saturated rings. The maximum atomic E-state index is 4.50. The monoisotopic (exact) mass is 257 g/mol. The number of H-pyrrole nitrogens is 1. The van der Waals surface area contributed by atoms with Gasteiger partial charge >= 0.3 is 0 Å². The number of nitrogens with zero attached hydrogens (tertiary/aromatic N) is 2. The van der Waals surface area contributed by atoms with Crippen LogP contribution in [0.4, 0.5) is 0 Å². The van der Waals surface area contributed by atoms with Gasteiger partial charge < -0.3 is 16.5 Å². The van der Waals surface area contributed by atoms with Crippen LogP contribution >= 0.6 is 0 Å². The molecule has 0 atom stereocenters. The smallest absolute Gasteiger partial charge is 0.178 e. The Balaban J connectivity index is 0.000000415. The van der Waals surface area contributed by atoms with Gasteiger partial charge in [0.1, 0.15) is 5.82 Å². The summed E-state index contributed by atoms with van der Waals surface area (Å²) >= 11 is 0. The molecule has 1 aromatic carbocycles. The molecule has 3 rings (SSSR count). The van der Waals surface area contributed by atoms with E-state index in [4.69, 9.17) is 0 Å². The second-order valence-corrected chi connectivity index (χ2v) is 3.33. The van der Waals surface area contributed by atoms with E-state index >= 15 is 0 Å². The number of rotatable bonds is 1. The Kier molecular flexibility index (Phi) is 6.21. The lowest BCUT2D eigenvalue weighted by molar-refractivity contribution is 1.30. The lowest BCUT2D eigenvalue weighted by Gasteiger charge is -1.92. The first-order valence-corrected chi connectivity index (χ1v) is 5.95. The van der Waals surface area contributed by atoms with E-state index in [0.29, 0.717) is 0 Å². The number of nitrogens with two attached hydrogens (primary N) is 2. The van der Waals surface area contributed by atoms with Crippen LogP contribution in [-0.4, -0.2) is 29.0 Å². The molecule has 0 aliphatic heterocycles. The van der Waals surface area contributed by atoms with Crippen molar-refractivity contribution in [2.24, 2.45) is 11.5 Å². The minimum absolute atomic E-state index is 0.761. The second-order valence-electron chi connectivity index (χ2n) is 3.33. The van der Waals surface area contributed by atoms with E-state index in [1.54, 1.807) is 6.20 Å². The van der Waals surface area contributed by atoms with Crippen molar-refractivity contribution >= 4 is 11.2 Å². The molecule has 0 aliphatic rings. The van der Waals surface area contributed by atoms with Gasteiger partial charge in [0.2, 0.25) is 0 Å². The van der Waals surface area contributed by atoms with Crippen LogP contribution in [-0.2, 0) is 0 Å². The molecule has 0 spiro atoms. The normalized spacial score (nSPS) is 9.05. The van der Waals surface area contributed by atoms with Gasteiger partial charge in [-0.05, 0) is 26.2 Å². The van der Waals surface area contributed by atoms with Gasteiger partial charge in [-0.15, -0.1) is 0 Å². The van der Waals surface area contributed by atoms with Crippen molar-refractivity contribution in [1.82, 2.24) is 15.0 Å². The third kappa shape index (κ3) is 3.61. The third-order valence-corrected chi connectivity index (χ3v) is 2.30. The lowest BCUT2D eigenvalue weighted by atomic mass is 10.2. The Bertz CT molecular complexity index is 556. The van der Waals surface area contributed by atoms with E-state index in [9.17, 15) is 0 Å². The molecule has 0 radical (unpaired) electrons. The van der Waals surface area contributed by atoms with Gasteiger partial charge in [-0.25, -0.2) is 9.97 Å². The Morgan fingerprint density at radius 2 is 1.58 bits per heavy atom. The van der Waals surface area contributed by atoms with E-state index in [2.05, 4.69) is 26.4 Å². The molecule has 2 heterocycles. The fourth-order valence-corrected chi connectivity index (χ4v) is 1.58. The summed E-state index contributed by atoms with van der Waals surface area (Å²) in [5, 5.41) is 0. The minimum atomic E-state index is 0.761. The van der Waals surface area contributed by atoms with Crippen molar-refractivity contribution in [3.63, 3.8) is 0 Å². The number of imidazole rings is 1. The third-order valence-electron chi connectivity index (χ3n) is 2.30. The summed E-state index contributed by atoms with van der Waals surface area (Å²) < 4.78 is 0. The quantitative estimate of drug-likeness (QED) is 0.619. The first-order valence-electron chi connectivity index (χ1n) is 5.95. The van der Waals surface area contributed by atoms with Gasteiger partial charge in [0.25, 0.3) is 0 Å². The van der Waals surface area contributed by atoms with Gasteiger partial charge in [0, 0.05) is 11.8 Å². The molecular weight excluding hydrogens is 238 g/mol. The number of benzene rings is 1. The lowest BCUT2D eigenvalue weighted by Crippen LogP contribution is -1.78. The maximum Gasteiger partial charge on any atom is 0.178 e. The highest BCUT2D eigenvalue weighted by Gasteiger charge is 2.03. The average Bonchev–Trinajstić information content (AvgIpc) is 2.96. The maximum absolute atomic E-state index is 4.50. The van der Waals surface area contributed by atoms with Crippen molar-refractivity contribution in [2.75, 3.05) is 14.1 Å². The van der Waals surface area contributed by atoms with Crippen LogP contribution in [0.1, 0.15) is 0 Å². The topological polar surface area (TPSA) is 93.6 Å². The molecule has 0 bridgehead atoms. The predicted octanol–water partition coefficient (Wildman–Crippen LogP) is 1.77. The van der Waals surface area contributed by atoms with Crippen molar-refractivity contribution < 1.29 is 0 Å². The first-order chi connectivity index (χ1) is 9.43. The van der Waals surface area contributed by atoms with Crippen LogP contribution in [0, 0.1) is 0 Å². The van der Waals surface area contributed by atoms with Gasteiger partial charge in [0.05, 0.1) is 5.52 Å². The number of hydrogen-bond donors (Lipinski definition) is 3. The molecule has 0 amide bonds. The summed E-state index contributed by atoms with van der Waals surface area (Å²) in [5.41, 5.74) is 11.8. The molecule has 5 nitrogen and oxygen atoms in total. The van der Waals surface area contributed by atoms with Gasteiger partial charge in [0.15, 0.2) is 5.65 Å². The predicted molar refractivity (Wildman–Crippen MR) is 79.5 cm³/mol. The zero-order valence-corrected chi connectivity index (χ0v) is 11.2. The Labute approximate surface area is 112 Å². The average molecular weight is 257 g/mol. The summed E-state index contributed by atoms with van der Waals surface area (Å²) in [6, 6.07) is 13.9. The number of aromatic nitrogens is 3. The summed E-state index contributed by atoms with van der Waals surface area (Å²) in [6.45, 7) is 0. The molecular formula is C14H19N5. The molecule has 19 heavy (non-hydrogen) atoms.